The molecule has 2 amide bonds. The summed E-state index contributed by atoms with van der Waals surface area (Å²) in [5.41, 5.74) is 0.633. The number of benzene rings is 1. The lowest BCUT2D eigenvalue weighted by molar-refractivity contribution is -0.159. The molecule has 0 spiro atoms. The molecule has 3 atom stereocenters. The number of likely N-dealkylation sites (tertiary alicyclic amines) is 1. The largest absolute Gasteiger partial charge is 0.459 e. The van der Waals surface area contributed by atoms with E-state index in [0.717, 1.165) is 4.90 Å². The number of halogens is 1. The second-order valence-electron chi connectivity index (χ2n) is 6.11. The number of ether oxygens (including phenoxy) is 1. The number of hydrogen-bond donors (Lipinski definition) is 0. The van der Waals surface area contributed by atoms with Crippen LogP contribution in [0.2, 0.25) is 0 Å². The minimum atomic E-state index is -0.962. The van der Waals surface area contributed by atoms with Gasteiger partial charge in [0.15, 0.2) is 0 Å². The van der Waals surface area contributed by atoms with E-state index in [4.69, 9.17) is 4.74 Å². The Morgan fingerprint density at radius 1 is 1.17 bits per heavy atom. The summed E-state index contributed by atoms with van der Waals surface area (Å²) in [6.45, 7) is 1.46. The molecule has 1 heterocycles. The molecule has 0 N–H and O–H groups in total. The van der Waals surface area contributed by atoms with Crippen molar-refractivity contribution in [1.82, 2.24) is 4.90 Å². The monoisotopic (exact) mass is 331 g/mol. The lowest BCUT2D eigenvalue weighted by Gasteiger charge is -2.21. The molecular formula is C18H18FNO4. The average Bonchev–Trinajstić information content (AvgIpc) is 2.85. The predicted molar refractivity (Wildman–Crippen MR) is 82.9 cm³/mol. The zero-order valence-electron chi connectivity index (χ0n) is 13.3. The van der Waals surface area contributed by atoms with E-state index in [9.17, 15) is 18.8 Å². The molecule has 2 aliphatic rings. The van der Waals surface area contributed by atoms with Gasteiger partial charge in [-0.1, -0.05) is 24.3 Å². The third-order valence-electron chi connectivity index (χ3n) is 4.56. The molecule has 0 radical (unpaired) electrons. The Labute approximate surface area is 139 Å². The van der Waals surface area contributed by atoms with Crippen molar-refractivity contribution in [2.24, 2.45) is 11.8 Å². The number of amides is 2. The van der Waals surface area contributed by atoms with E-state index in [0.29, 0.717) is 18.4 Å². The van der Waals surface area contributed by atoms with Crippen molar-refractivity contribution in [2.75, 3.05) is 0 Å². The van der Waals surface area contributed by atoms with Gasteiger partial charge >= 0.3 is 5.97 Å². The number of carbonyl (C=O) groups excluding carboxylic acids is 3. The third kappa shape index (κ3) is 2.96. The number of nitrogens with zero attached hydrogens (tertiary/aromatic N) is 1. The summed E-state index contributed by atoms with van der Waals surface area (Å²) >= 11 is 0. The fourth-order valence-electron chi connectivity index (χ4n) is 3.17. The summed E-state index contributed by atoms with van der Waals surface area (Å²) in [5.74, 6) is -2.36. The van der Waals surface area contributed by atoms with Gasteiger partial charge in [0.2, 0.25) is 11.8 Å². The Balaban J connectivity index is 1.64. The Morgan fingerprint density at radius 2 is 1.71 bits per heavy atom. The van der Waals surface area contributed by atoms with Crippen LogP contribution in [0.1, 0.15) is 25.3 Å². The van der Waals surface area contributed by atoms with Crippen LogP contribution in [0.3, 0.4) is 0 Å². The Kier molecular flexibility index (Phi) is 4.46. The smallest absolute Gasteiger partial charge is 0.329 e. The SMILES string of the molecule is C[C@@H](C(=O)OCc1ccc(F)cc1)N1C(=O)[C@H]2CC=CC[C@H]2C1=O. The van der Waals surface area contributed by atoms with Crippen LogP contribution in [0.15, 0.2) is 36.4 Å². The van der Waals surface area contributed by atoms with Crippen molar-refractivity contribution in [3.63, 3.8) is 0 Å². The minimum Gasteiger partial charge on any atom is -0.459 e. The molecule has 1 saturated heterocycles. The fourth-order valence-corrected chi connectivity index (χ4v) is 3.17. The maximum absolute atomic E-state index is 12.9. The quantitative estimate of drug-likeness (QED) is 0.482. The molecule has 0 saturated carbocycles. The van der Waals surface area contributed by atoms with Gasteiger partial charge in [-0.15, -0.1) is 0 Å². The number of allylic oxidation sites excluding steroid dienone is 2. The van der Waals surface area contributed by atoms with Gasteiger partial charge in [0.25, 0.3) is 0 Å². The van der Waals surface area contributed by atoms with E-state index in [1.165, 1.54) is 31.2 Å². The highest BCUT2D eigenvalue weighted by Crippen LogP contribution is 2.36. The lowest BCUT2D eigenvalue weighted by atomic mass is 9.85. The van der Waals surface area contributed by atoms with E-state index < -0.39 is 12.0 Å². The highest BCUT2D eigenvalue weighted by Gasteiger charge is 2.50. The van der Waals surface area contributed by atoms with Crippen LogP contribution in [0.25, 0.3) is 0 Å². The van der Waals surface area contributed by atoms with Crippen LogP contribution in [-0.2, 0) is 25.7 Å². The van der Waals surface area contributed by atoms with E-state index in [2.05, 4.69) is 0 Å². The summed E-state index contributed by atoms with van der Waals surface area (Å²) in [6.07, 6.45) is 4.85. The standard InChI is InChI=1S/C18H18FNO4/c1-11(18(23)24-10-12-6-8-13(19)9-7-12)20-16(21)14-4-2-3-5-15(14)17(20)22/h2-3,6-9,11,14-15H,4-5,10H2,1H3/t11-,14-,15+/m0/s1. The van der Waals surface area contributed by atoms with Crippen molar-refractivity contribution >= 4 is 17.8 Å². The molecule has 1 aliphatic heterocycles. The summed E-state index contributed by atoms with van der Waals surface area (Å²) in [5, 5.41) is 0. The van der Waals surface area contributed by atoms with E-state index in [1.807, 2.05) is 12.2 Å². The molecule has 126 valence electrons. The number of carbonyl (C=O) groups is 3. The molecule has 1 aromatic carbocycles. The minimum absolute atomic E-state index is 0.0336. The number of hydrogen-bond acceptors (Lipinski definition) is 4. The molecule has 0 aromatic heterocycles. The van der Waals surface area contributed by atoms with Crippen LogP contribution >= 0.6 is 0 Å². The number of imide groups is 1. The molecule has 6 heteroatoms. The van der Waals surface area contributed by atoms with Gasteiger partial charge in [-0.25, -0.2) is 9.18 Å². The van der Waals surface area contributed by atoms with Crippen LogP contribution in [-0.4, -0.2) is 28.7 Å². The van der Waals surface area contributed by atoms with E-state index in [-0.39, 0.29) is 36.1 Å². The molecule has 5 nitrogen and oxygen atoms in total. The number of rotatable bonds is 4. The van der Waals surface area contributed by atoms with Crippen LogP contribution in [0, 0.1) is 17.7 Å². The number of esters is 1. The number of fused-ring (bicyclic) bond motifs is 1. The predicted octanol–water partition coefficient (Wildman–Crippen LogP) is 2.21. The maximum Gasteiger partial charge on any atom is 0.329 e. The van der Waals surface area contributed by atoms with Crippen molar-refractivity contribution in [1.29, 1.82) is 0 Å². The summed E-state index contributed by atoms with van der Waals surface area (Å²) in [6, 6.07) is 4.62. The first-order valence-corrected chi connectivity index (χ1v) is 7.92. The van der Waals surface area contributed by atoms with Gasteiger partial charge in [0.05, 0.1) is 11.8 Å². The van der Waals surface area contributed by atoms with E-state index >= 15 is 0 Å². The normalized spacial score (nSPS) is 24.0. The Morgan fingerprint density at radius 3 is 2.25 bits per heavy atom. The van der Waals surface area contributed by atoms with Crippen LogP contribution in [0.5, 0.6) is 0 Å². The summed E-state index contributed by atoms with van der Waals surface area (Å²) < 4.78 is 18.0. The van der Waals surface area contributed by atoms with Gasteiger partial charge < -0.3 is 4.74 Å². The van der Waals surface area contributed by atoms with Crippen LogP contribution < -0.4 is 0 Å². The Bertz CT molecular complexity index is 671. The zero-order chi connectivity index (χ0) is 17.3. The molecule has 0 unspecified atom stereocenters. The Hall–Kier alpha value is -2.50. The first-order chi connectivity index (χ1) is 11.5. The third-order valence-corrected chi connectivity index (χ3v) is 4.56. The van der Waals surface area contributed by atoms with Crippen LogP contribution in [0.4, 0.5) is 4.39 Å². The highest BCUT2D eigenvalue weighted by molar-refractivity contribution is 6.08. The average molecular weight is 331 g/mol. The first kappa shape index (κ1) is 16.4. The molecule has 1 aliphatic carbocycles. The second kappa shape index (κ2) is 6.55. The van der Waals surface area contributed by atoms with Gasteiger partial charge in [-0.05, 0) is 37.5 Å². The molecule has 1 aromatic rings. The fraction of sp³-hybridized carbons (Fsp3) is 0.389. The van der Waals surface area contributed by atoms with Crippen molar-refractivity contribution in [3.8, 4) is 0 Å². The molecule has 3 rings (SSSR count). The van der Waals surface area contributed by atoms with Gasteiger partial charge in [0.1, 0.15) is 18.5 Å². The van der Waals surface area contributed by atoms with Gasteiger partial charge in [-0.3, -0.25) is 14.5 Å². The maximum atomic E-state index is 12.9. The molecule has 0 bridgehead atoms. The highest BCUT2D eigenvalue weighted by atomic mass is 19.1. The van der Waals surface area contributed by atoms with Crippen molar-refractivity contribution in [3.05, 3.63) is 47.8 Å². The summed E-state index contributed by atoms with van der Waals surface area (Å²) in [7, 11) is 0. The van der Waals surface area contributed by atoms with Crippen molar-refractivity contribution < 1.29 is 23.5 Å². The van der Waals surface area contributed by atoms with Gasteiger partial charge in [0, 0.05) is 0 Å². The molecular weight excluding hydrogens is 313 g/mol. The second-order valence-corrected chi connectivity index (χ2v) is 6.11. The molecule has 1 fully saturated rings. The lowest BCUT2D eigenvalue weighted by Crippen LogP contribution is -2.44. The first-order valence-electron chi connectivity index (χ1n) is 7.92. The molecule has 24 heavy (non-hydrogen) atoms. The van der Waals surface area contributed by atoms with E-state index in [1.54, 1.807) is 0 Å². The topological polar surface area (TPSA) is 63.7 Å². The summed E-state index contributed by atoms with van der Waals surface area (Å²) in [4.78, 5) is 38.1. The van der Waals surface area contributed by atoms with Crippen molar-refractivity contribution in [2.45, 2.75) is 32.4 Å². The zero-order valence-corrected chi connectivity index (χ0v) is 13.3. The van der Waals surface area contributed by atoms with Gasteiger partial charge in [-0.2, -0.15) is 0 Å².